The molecule has 0 aliphatic carbocycles. The van der Waals surface area contributed by atoms with E-state index in [9.17, 15) is 0 Å². The summed E-state index contributed by atoms with van der Waals surface area (Å²) in [6, 6.07) is 0. The Balaban J connectivity index is -0.000000980. The Kier molecular flexibility index (Phi) is 31.7. The summed E-state index contributed by atoms with van der Waals surface area (Å²) in [5.74, 6) is 0. The van der Waals surface area contributed by atoms with Crippen molar-refractivity contribution in [3.63, 3.8) is 0 Å². The van der Waals surface area contributed by atoms with E-state index in [4.69, 9.17) is 6.64 Å². The van der Waals surface area contributed by atoms with Crippen LogP contribution < -0.4 is 0 Å². The average Bonchev–Trinajstić information content (AvgIpc) is 2.26. The van der Waals surface area contributed by atoms with E-state index in [-0.39, 0.29) is 34.0 Å². The molecule has 0 aromatic carbocycles. The minimum absolute atomic E-state index is 0. The molecule has 0 saturated heterocycles. The van der Waals surface area contributed by atoms with Crippen molar-refractivity contribution in [1.82, 2.24) is 0 Å². The molecule has 0 aromatic rings. The van der Waals surface area contributed by atoms with Gasteiger partial charge < -0.3 is 0 Å². The van der Waals surface area contributed by atoms with E-state index in [2.05, 4.69) is 13.8 Å². The molecule has 2 nitrogen and oxygen atoms in total. The van der Waals surface area contributed by atoms with E-state index >= 15 is 0 Å². The van der Waals surface area contributed by atoms with Gasteiger partial charge in [-0.1, -0.05) is 0 Å². The number of halogens is 2. The second kappa shape index (κ2) is 22.7. The van der Waals surface area contributed by atoms with Crippen LogP contribution in [0.4, 0.5) is 0 Å². The Labute approximate surface area is 138 Å². The first-order chi connectivity index (χ1) is 7.41. The monoisotopic (exact) mass is 410 g/mol. The molecule has 0 atom stereocenters. The molecule has 0 heterocycles. The van der Waals surface area contributed by atoms with Crippen molar-refractivity contribution in [2.75, 3.05) is 13.2 Å². The van der Waals surface area contributed by atoms with Crippen molar-refractivity contribution in [2.24, 2.45) is 0 Å². The van der Waals surface area contributed by atoms with Gasteiger partial charge in [0.2, 0.25) is 0 Å². The number of hydrogen-bond donors (Lipinski definition) is 0. The van der Waals surface area contributed by atoms with Crippen LogP contribution in [0.5, 0.6) is 0 Å². The molecule has 0 saturated carbocycles. The van der Waals surface area contributed by atoms with Gasteiger partial charge >= 0.3 is 105 Å². The first kappa shape index (κ1) is 23.7. The number of rotatable bonds is 12. The van der Waals surface area contributed by atoms with E-state index in [1.165, 1.54) is 51.4 Å². The van der Waals surface area contributed by atoms with Crippen LogP contribution in [0.3, 0.4) is 0 Å². The summed E-state index contributed by atoms with van der Waals surface area (Å²) in [5.41, 5.74) is 0. The zero-order valence-corrected chi connectivity index (χ0v) is 16.2. The van der Waals surface area contributed by atoms with Gasteiger partial charge in [0.15, 0.2) is 0 Å². The van der Waals surface area contributed by atoms with E-state index < -0.39 is 19.9 Å². The van der Waals surface area contributed by atoms with Crippen LogP contribution >= 0.6 is 34.0 Å². The molecule has 0 radical (unpaired) electrons. The summed E-state index contributed by atoms with van der Waals surface area (Å²) < 4.78 is 11.0. The first-order valence-corrected chi connectivity index (χ1v) is 7.67. The maximum absolute atomic E-state index is 5.49. The van der Waals surface area contributed by atoms with Crippen LogP contribution in [0.15, 0.2) is 0 Å². The van der Waals surface area contributed by atoms with Crippen LogP contribution in [0.2, 0.25) is 0 Å². The summed E-state index contributed by atoms with van der Waals surface area (Å²) in [7, 11) is 0. The molecule has 0 fully saturated rings. The number of unbranched alkanes of at least 4 members (excludes halogenated alkanes) is 6. The summed E-state index contributed by atoms with van der Waals surface area (Å²) in [6.45, 7) is 6.28. The third-order valence-electron chi connectivity index (χ3n) is 2.32. The average molecular weight is 412 g/mol. The van der Waals surface area contributed by atoms with Gasteiger partial charge in [-0.05, 0) is 0 Å². The fourth-order valence-corrected chi connectivity index (χ4v) is 2.17. The topological polar surface area (TPSA) is 18.5 Å². The molecule has 0 amide bonds. The number of hydrogen-bond acceptors (Lipinski definition) is 2. The van der Waals surface area contributed by atoms with Crippen molar-refractivity contribution < 1.29 is 26.6 Å². The fourth-order valence-electron chi connectivity index (χ4n) is 1.33. The second-order valence-corrected chi connectivity index (χ2v) is 5.06. The molecule has 0 aliphatic heterocycles. The summed E-state index contributed by atoms with van der Waals surface area (Å²) in [6.07, 6.45) is 10.3. The van der Waals surface area contributed by atoms with Crippen molar-refractivity contribution in [3.05, 3.63) is 0 Å². The zero-order valence-electron chi connectivity index (χ0n) is 11.2. The van der Waals surface area contributed by atoms with Gasteiger partial charge in [-0.25, -0.2) is 0 Å². The van der Waals surface area contributed by atoms with Crippen molar-refractivity contribution >= 4 is 34.0 Å². The van der Waals surface area contributed by atoms with Crippen LogP contribution in [0.25, 0.3) is 0 Å². The predicted molar refractivity (Wildman–Crippen MR) is 80.8 cm³/mol. The molecule has 5 heteroatoms. The van der Waals surface area contributed by atoms with Crippen molar-refractivity contribution in [3.8, 4) is 0 Å². The Bertz CT molecular complexity index is 107. The SMILES string of the molecule is Br.Br.CCCCCC[O][Ti][O]CCCCCC. The molecule has 0 rings (SSSR count). The second-order valence-electron chi connectivity index (χ2n) is 3.90. The van der Waals surface area contributed by atoms with Crippen LogP contribution in [0.1, 0.15) is 65.2 Å². The van der Waals surface area contributed by atoms with Crippen LogP contribution in [-0.2, 0) is 26.6 Å². The molecule has 0 bridgehead atoms. The summed E-state index contributed by atoms with van der Waals surface area (Å²) in [4.78, 5) is 0. The third kappa shape index (κ3) is 23.2. The van der Waals surface area contributed by atoms with E-state index in [0.29, 0.717) is 0 Å². The van der Waals surface area contributed by atoms with Crippen molar-refractivity contribution in [2.45, 2.75) is 65.2 Å². The maximum atomic E-state index is 5.49. The predicted octanol–water partition coefficient (Wildman–Crippen LogP) is 5.25. The molecule has 0 N–H and O–H groups in total. The van der Waals surface area contributed by atoms with Gasteiger partial charge in [-0.3, -0.25) is 0 Å². The molecular weight excluding hydrogens is 384 g/mol. The Morgan fingerprint density at radius 3 is 1.41 bits per heavy atom. The molecule has 0 spiro atoms. The van der Waals surface area contributed by atoms with E-state index in [1.807, 2.05) is 0 Å². The summed E-state index contributed by atoms with van der Waals surface area (Å²) in [5, 5.41) is 0. The van der Waals surface area contributed by atoms with Crippen LogP contribution in [0, 0.1) is 0 Å². The fraction of sp³-hybridized carbons (Fsp3) is 1.00. The van der Waals surface area contributed by atoms with Gasteiger partial charge in [0.05, 0.1) is 0 Å². The van der Waals surface area contributed by atoms with Gasteiger partial charge in [-0.2, -0.15) is 0 Å². The molecule has 106 valence electrons. The Hall–Kier alpha value is 1.59. The first-order valence-electron chi connectivity index (χ1n) is 6.40. The van der Waals surface area contributed by atoms with Gasteiger partial charge in [0.25, 0.3) is 0 Å². The molecule has 0 aliphatic rings. The van der Waals surface area contributed by atoms with Crippen LogP contribution in [-0.4, -0.2) is 13.2 Å². The minimum atomic E-state index is -0.543. The molecule has 0 aromatic heterocycles. The van der Waals surface area contributed by atoms with Crippen molar-refractivity contribution in [1.29, 1.82) is 0 Å². The quantitative estimate of drug-likeness (QED) is 0.322. The summed E-state index contributed by atoms with van der Waals surface area (Å²) >= 11 is -0.543. The normalized spacial score (nSPS) is 9.29. The standard InChI is InChI=1S/2C6H13O.2BrH.Ti/c2*1-2-3-4-5-6-7;;;/h2*2-6H2,1H3;2*1H;/q2*-1;;;+2. The van der Waals surface area contributed by atoms with Gasteiger partial charge in [0.1, 0.15) is 0 Å². The van der Waals surface area contributed by atoms with Gasteiger partial charge in [0, 0.05) is 0 Å². The molecular formula is C12H28Br2O2Ti. The van der Waals surface area contributed by atoms with E-state index in [1.54, 1.807) is 0 Å². The third-order valence-corrected chi connectivity index (χ3v) is 3.32. The Morgan fingerprint density at radius 1 is 0.647 bits per heavy atom. The zero-order chi connectivity index (χ0) is 11.2. The van der Waals surface area contributed by atoms with Gasteiger partial charge in [-0.15, -0.1) is 34.0 Å². The molecule has 0 unspecified atom stereocenters. The van der Waals surface area contributed by atoms with E-state index in [0.717, 1.165) is 13.2 Å². The molecule has 17 heavy (non-hydrogen) atoms. The Morgan fingerprint density at radius 2 is 1.06 bits per heavy atom.